The zero-order valence-electron chi connectivity index (χ0n) is 20.5. The van der Waals surface area contributed by atoms with Gasteiger partial charge in [0.1, 0.15) is 5.69 Å². The zero-order valence-corrected chi connectivity index (χ0v) is 20.5. The molecule has 5 aromatic rings. The second-order valence-electron chi connectivity index (χ2n) is 9.86. The molecule has 2 atom stereocenters. The molecular weight excluding hydrogens is 466 g/mol. The lowest BCUT2D eigenvalue weighted by atomic mass is 9.88. The number of piperidine rings is 1. The molecule has 2 fully saturated rings. The Labute approximate surface area is 213 Å². The van der Waals surface area contributed by atoms with Crippen LogP contribution in [0.1, 0.15) is 44.2 Å². The predicted molar refractivity (Wildman–Crippen MR) is 139 cm³/mol. The Bertz CT molecular complexity index is 1600. The highest BCUT2D eigenvalue weighted by Crippen LogP contribution is 2.44. The van der Waals surface area contributed by atoms with Crippen LogP contribution in [0.3, 0.4) is 0 Å². The van der Waals surface area contributed by atoms with Crippen LogP contribution in [0.15, 0.2) is 61.2 Å². The van der Waals surface area contributed by atoms with E-state index in [0.717, 1.165) is 70.3 Å². The van der Waals surface area contributed by atoms with Gasteiger partial charge in [-0.2, -0.15) is 10.2 Å². The van der Waals surface area contributed by atoms with Crippen LogP contribution in [0, 0.1) is 0 Å². The van der Waals surface area contributed by atoms with Crippen molar-refractivity contribution in [3.05, 3.63) is 66.9 Å². The number of hydrogen-bond acceptors (Lipinski definition) is 6. The van der Waals surface area contributed by atoms with Crippen LogP contribution in [0.25, 0.3) is 38.9 Å². The fourth-order valence-corrected chi connectivity index (χ4v) is 6.33. The first-order valence-electron chi connectivity index (χ1n) is 12.9. The van der Waals surface area contributed by atoms with E-state index >= 15 is 0 Å². The number of rotatable bonds is 4. The molecule has 0 radical (unpaired) electrons. The molecule has 1 aromatic carbocycles. The van der Waals surface area contributed by atoms with E-state index in [1.54, 1.807) is 12.4 Å². The van der Waals surface area contributed by atoms with Crippen molar-refractivity contribution in [3.8, 4) is 22.4 Å². The maximum Gasteiger partial charge on any atom is 0.410 e. The topological polar surface area (TPSA) is 101 Å². The number of hydrogen-bond donors (Lipinski definition) is 1. The summed E-state index contributed by atoms with van der Waals surface area (Å²) in [7, 11) is 0. The number of H-pyrrole nitrogens is 1. The second-order valence-corrected chi connectivity index (χ2v) is 9.86. The maximum absolute atomic E-state index is 12.6. The third kappa shape index (κ3) is 3.48. The monoisotopic (exact) mass is 493 g/mol. The summed E-state index contributed by atoms with van der Waals surface area (Å²) < 4.78 is 7.39. The highest BCUT2D eigenvalue weighted by molar-refractivity contribution is 6.02. The molecule has 186 valence electrons. The summed E-state index contributed by atoms with van der Waals surface area (Å²) in [6.45, 7) is 2.26. The number of fused-ring (bicyclic) bond motifs is 4. The summed E-state index contributed by atoms with van der Waals surface area (Å²) >= 11 is 0. The molecule has 2 aliphatic rings. The Hall–Kier alpha value is -4.27. The minimum Gasteiger partial charge on any atom is -0.450 e. The molecule has 7 rings (SSSR count). The molecule has 9 nitrogen and oxygen atoms in total. The van der Waals surface area contributed by atoms with Gasteiger partial charge in [0.25, 0.3) is 0 Å². The van der Waals surface area contributed by atoms with Crippen molar-refractivity contribution < 1.29 is 9.53 Å². The van der Waals surface area contributed by atoms with Gasteiger partial charge in [-0.15, -0.1) is 0 Å². The van der Waals surface area contributed by atoms with E-state index in [2.05, 4.69) is 27.3 Å². The number of nitrogens with zero attached hydrogens (tertiary/aromatic N) is 6. The molecule has 0 saturated carbocycles. The van der Waals surface area contributed by atoms with Crippen molar-refractivity contribution in [1.82, 2.24) is 34.7 Å². The average molecular weight is 494 g/mol. The van der Waals surface area contributed by atoms with Crippen molar-refractivity contribution in [2.75, 3.05) is 6.61 Å². The number of amides is 1. The Balaban J connectivity index is 1.38. The third-order valence-corrected chi connectivity index (χ3v) is 7.89. The predicted octanol–water partition coefficient (Wildman–Crippen LogP) is 5.20. The van der Waals surface area contributed by atoms with Crippen LogP contribution in [-0.2, 0) is 4.74 Å². The van der Waals surface area contributed by atoms with E-state index in [4.69, 9.17) is 14.8 Å². The van der Waals surface area contributed by atoms with Gasteiger partial charge in [0.05, 0.1) is 23.9 Å². The highest BCUT2D eigenvalue weighted by Gasteiger charge is 2.45. The molecule has 0 aliphatic carbocycles. The van der Waals surface area contributed by atoms with E-state index < -0.39 is 0 Å². The van der Waals surface area contributed by atoms with Crippen molar-refractivity contribution >= 4 is 22.6 Å². The first-order chi connectivity index (χ1) is 18.2. The van der Waals surface area contributed by atoms with Crippen molar-refractivity contribution in [2.45, 2.75) is 50.6 Å². The molecule has 37 heavy (non-hydrogen) atoms. The SMILES string of the molecule is CCOC(=O)N1[C@@H]2CC[C@@H]1CC(c1ccnc3c(-c4cccc5[nH]ncc45)c(-c4ccncc4)nn13)C2. The van der Waals surface area contributed by atoms with Crippen LogP contribution in [0.5, 0.6) is 0 Å². The van der Waals surface area contributed by atoms with E-state index in [0.29, 0.717) is 6.61 Å². The van der Waals surface area contributed by atoms with Gasteiger partial charge in [-0.25, -0.2) is 14.3 Å². The normalized spacial score (nSPS) is 21.1. The number of pyridine rings is 1. The van der Waals surface area contributed by atoms with Gasteiger partial charge in [-0.1, -0.05) is 12.1 Å². The van der Waals surface area contributed by atoms with Crippen molar-refractivity contribution in [3.63, 3.8) is 0 Å². The maximum atomic E-state index is 12.6. The van der Waals surface area contributed by atoms with E-state index in [-0.39, 0.29) is 24.1 Å². The minimum atomic E-state index is -0.178. The van der Waals surface area contributed by atoms with Gasteiger partial charge >= 0.3 is 6.09 Å². The lowest BCUT2D eigenvalue weighted by Gasteiger charge is -2.38. The molecular formula is C28H27N7O2. The first kappa shape index (κ1) is 22.0. The number of nitrogens with one attached hydrogen (secondary N) is 1. The Morgan fingerprint density at radius 1 is 1.08 bits per heavy atom. The van der Waals surface area contributed by atoms with Gasteiger partial charge in [0.15, 0.2) is 5.65 Å². The van der Waals surface area contributed by atoms with Gasteiger partial charge in [-0.3, -0.25) is 10.1 Å². The van der Waals surface area contributed by atoms with Gasteiger partial charge in [-0.05, 0) is 62.4 Å². The van der Waals surface area contributed by atoms with E-state index in [9.17, 15) is 4.79 Å². The summed E-state index contributed by atoms with van der Waals surface area (Å²) in [5.41, 5.74) is 6.78. The van der Waals surface area contributed by atoms with E-state index in [1.807, 2.05) is 53.0 Å². The second kappa shape index (κ2) is 8.69. The fraction of sp³-hybridized carbons (Fsp3) is 0.321. The largest absolute Gasteiger partial charge is 0.450 e. The van der Waals surface area contributed by atoms with Crippen LogP contribution in [0.2, 0.25) is 0 Å². The minimum absolute atomic E-state index is 0.178. The lowest BCUT2D eigenvalue weighted by Crippen LogP contribution is -2.46. The summed E-state index contributed by atoms with van der Waals surface area (Å²) in [6, 6.07) is 12.6. The zero-order chi connectivity index (χ0) is 24.9. The lowest BCUT2D eigenvalue weighted by molar-refractivity contribution is 0.0685. The number of ether oxygens (including phenoxy) is 1. The van der Waals surface area contributed by atoms with Crippen LogP contribution < -0.4 is 0 Å². The van der Waals surface area contributed by atoms with Gasteiger partial charge < -0.3 is 9.64 Å². The molecule has 2 bridgehead atoms. The number of aromatic amines is 1. The number of carbonyl (C=O) groups excluding carboxylic acids is 1. The summed E-state index contributed by atoms with van der Waals surface area (Å²) in [6.07, 6.45) is 11.0. The van der Waals surface area contributed by atoms with Crippen molar-refractivity contribution in [2.24, 2.45) is 0 Å². The summed E-state index contributed by atoms with van der Waals surface area (Å²) in [4.78, 5) is 23.7. The Kier molecular flexibility index (Phi) is 5.16. The summed E-state index contributed by atoms with van der Waals surface area (Å²) in [5.74, 6) is 0.274. The molecule has 9 heteroatoms. The Morgan fingerprint density at radius 3 is 2.68 bits per heavy atom. The quantitative estimate of drug-likeness (QED) is 0.369. The van der Waals surface area contributed by atoms with E-state index in [1.165, 1.54) is 0 Å². The van der Waals surface area contributed by atoms with Gasteiger partial charge in [0.2, 0.25) is 0 Å². The van der Waals surface area contributed by atoms with Crippen molar-refractivity contribution in [1.29, 1.82) is 0 Å². The van der Waals surface area contributed by atoms with Crippen LogP contribution in [0.4, 0.5) is 4.79 Å². The smallest absolute Gasteiger partial charge is 0.410 e. The third-order valence-electron chi connectivity index (χ3n) is 7.89. The molecule has 0 unspecified atom stereocenters. The summed E-state index contributed by atoms with van der Waals surface area (Å²) in [5, 5.41) is 13.6. The standard InChI is InChI=1S/C28H27N7O2/c1-2-37-28(36)34-19-6-7-20(34)15-18(14-19)24-10-13-30-27-25(21-4-3-5-23-22(21)16-31-32-23)26(33-35(24)27)17-8-11-29-12-9-17/h3-5,8-13,16,18-20H,2,6-7,14-15H2,1H3,(H,31,32)/t19-,20-/m1/s1. The highest BCUT2D eigenvalue weighted by atomic mass is 16.6. The first-order valence-corrected chi connectivity index (χ1v) is 12.9. The molecule has 6 heterocycles. The van der Waals surface area contributed by atoms with Crippen LogP contribution >= 0.6 is 0 Å². The molecule has 1 N–H and O–H groups in total. The molecule has 2 saturated heterocycles. The molecule has 4 aromatic heterocycles. The fourth-order valence-electron chi connectivity index (χ4n) is 6.33. The number of carbonyl (C=O) groups is 1. The molecule has 1 amide bonds. The van der Waals surface area contributed by atoms with Gasteiger partial charge in [0, 0.05) is 53.2 Å². The number of benzene rings is 1. The molecule has 0 spiro atoms. The average Bonchev–Trinajstić information content (AvgIpc) is 3.63. The van der Waals surface area contributed by atoms with Crippen LogP contribution in [-0.4, -0.2) is 59.5 Å². The Morgan fingerprint density at radius 2 is 1.89 bits per heavy atom. The number of aromatic nitrogens is 6. The molecule has 2 aliphatic heterocycles.